The van der Waals surface area contributed by atoms with E-state index < -0.39 is 0 Å². The second kappa shape index (κ2) is 11.3. The average molecular weight is 369 g/mol. The normalized spacial score (nSPS) is 14.9. The van der Waals surface area contributed by atoms with Crippen molar-refractivity contribution in [3.63, 3.8) is 0 Å². The molecule has 0 amide bonds. The van der Waals surface area contributed by atoms with Gasteiger partial charge in [0, 0.05) is 12.0 Å². The second-order valence-electron chi connectivity index (χ2n) is 7.90. The van der Waals surface area contributed by atoms with Gasteiger partial charge in [0.05, 0.1) is 6.61 Å². The van der Waals surface area contributed by atoms with Gasteiger partial charge in [-0.2, -0.15) is 0 Å². The van der Waals surface area contributed by atoms with Gasteiger partial charge in [-0.05, 0) is 50.2 Å². The Hall–Kier alpha value is -1.64. The van der Waals surface area contributed by atoms with Gasteiger partial charge >= 0.3 is 0 Å². The lowest BCUT2D eigenvalue weighted by molar-refractivity contribution is -0.140. The maximum atomic E-state index is 6.20. The summed E-state index contributed by atoms with van der Waals surface area (Å²) in [6, 6.07) is 21.7. The van der Waals surface area contributed by atoms with Gasteiger partial charge in [-0.3, -0.25) is 0 Å². The highest BCUT2D eigenvalue weighted by Gasteiger charge is 2.33. The van der Waals surface area contributed by atoms with Crippen LogP contribution < -0.4 is 0 Å². The summed E-state index contributed by atoms with van der Waals surface area (Å²) in [5, 5.41) is 0. The van der Waals surface area contributed by atoms with Crippen molar-refractivity contribution in [1.29, 1.82) is 0 Å². The molecule has 2 nitrogen and oxygen atoms in total. The lowest BCUT2D eigenvalue weighted by Crippen LogP contribution is -2.35. The molecule has 2 aromatic carbocycles. The highest BCUT2D eigenvalue weighted by atomic mass is 16.7. The van der Waals surface area contributed by atoms with Gasteiger partial charge in [-0.25, -0.2) is 0 Å². The molecule has 2 atom stereocenters. The van der Waals surface area contributed by atoms with E-state index in [1.54, 1.807) is 0 Å². The Labute approximate surface area is 165 Å². The first kappa shape index (κ1) is 21.7. The summed E-state index contributed by atoms with van der Waals surface area (Å²) >= 11 is 0. The van der Waals surface area contributed by atoms with Crippen molar-refractivity contribution in [2.75, 3.05) is 13.2 Å². The Balaban J connectivity index is 2.25. The van der Waals surface area contributed by atoms with Crippen molar-refractivity contribution in [3.05, 3.63) is 71.8 Å². The van der Waals surface area contributed by atoms with Crippen molar-refractivity contribution in [2.24, 2.45) is 5.92 Å². The summed E-state index contributed by atoms with van der Waals surface area (Å²) in [5.41, 5.74) is 2.78. The first-order valence-electron chi connectivity index (χ1n) is 10.4. The van der Waals surface area contributed by atoms with Crippen LogP contribution in [0, 0.1) is 5.92 Å². The largest absolute Gasteiger partial charge is 0.353 e. The highest BCUT2D eigenvalue weighted by Crippen LogP contribution is 2.36. The molecule has 2 aromatic rings. The fourth-order valence-corrected chi connectivity index (χ4v) is 3.59. The lowest BCUT2D eigenvalue weighted by Gasteiger charge is -2.36. The summed E-state index contributed by atoms with van der Waals surface area (Å²) in [4.78, 5) is 0. The zero-order valence-corrected chi connectivity index (χ0v) is 17.5. The molecule has 0 N–H and O–H groups in total. The van der Waals surface area contributed by atoms with Crippen LogP contribution in [0.4, 0.5) is 0 Å². The summed E-state index contributed by atoms with van der Waals surface area (Å²) in [6.45, 7) is 9.98. The predicted octanol–water partition coefficient (Wildman–Crippen LogP) is 6.39. The summed E-state index contributed by atoms with van der Waals surface area (Å²) < 4.78 is 11.8. The molecular weight excluding hydrogens is 332 g/mol. The van der Waals surface area contributed by atoms with Crippen LogP contribution in [0.25, 0.3) is 0 Å². The standard InChI is InChI=1S/C25H36O2/c1-5-26-22(4)27-20-25(18-16-21(2)3,24-14-10-7-11-15-24)19-17-23-12-8-6-9-13-23/h6-15,21-22H,5,16-20H2,1-4H3. The van der Waals surface area contributed by atoms with E-state index in [0.29, 0.717) is 19.1 Å². The van der Waals surface area contributed by atoms with Crippen LogP contribution in [0.2, 0.25) is 0 Å². The molecule has 2 rings (SSSR count). The third-order valence-corrected chi connectivity index (χ3v) is 5.32. The first-order chi connectivity index (χ1) is 13.1. The van der Waals surface area contributed by atoms with Gasteiger partial charge in [0.15, 0.2) is 6.29 Å². The van der Waals surface area contributed by atoms with Crippen LogP contribution in [0.5, 0.6) is 0 Å². The van der Waals surface area contributed by atoms with Crippen molar-refractivity contribution >= 4 is 0 Å². The summed E-state index contributed by atoms with van der Waals surface area (Å²) in [6.07, 6.45) is 4.28. The van der Waals surface area contributed by atoms with E-state index in [0.717, 1.165) is 19.3 Å². The van der Waals surface area contributed by atoms with Gasteiger partial charge in [0.2, 0.25) is 0 Å². The van der Waals surface area contributed by atoms with Gasteiger partial charge in [0.1, 0.15) is 0 Å². The minimum atomic E-state index is -0.172. The number of hydrogen-bond donors (Lipinski definition) is 0. The minimum absolute atomic E-state index is 0.00668. The van der Waals surface area contributed by atoms with Crippen LogP contribution in [-0.2, 0) is 21.3 Å². The van der Waals surface area contributed by atoms with E-state index in [-0.39, 0.29) is 11.7 Å². The van der Waals surface area contributed by atoms with E-state index in [1.165, 1.54) is 17.5 Å². The molecule has 0 spiro atoms. The number of ether oxygens (including phenoxy) is 2. The average Bonchev–Trinajstić information content (AvgIpc) is 2.69. The minimum Gasteiger partial charge on any atom is -0.353 e. The van der Waals surface area contributed by atoms with Crippen LogP contribution in [0.15, 0.2) is 60.7 Å². The van der Waals surface area contributed by atoms with Crippen LogP contribution >= 0.6 is 0 Å². The Morgan fingerprint density at radius 3 is 2.04 bits per heavy atom. The molecule has 0 aliphatic heterocycles. The molecule has 2 heteroatoms. The zero-order valence-electron chi connectivity index (χ0n) is 17.5. The fraction of sp³-hybridized carbons (Fsp3) is 0.520. The number of benzene rings is 2. The summed E-state index contributed by atoms with van der Waals surface area (Å²) in [5.74, 6) is 0.675. The smallest absolute Gasteiger partial charge is 0.154 e. The molecule has 0 fully saturated rings. The van der Waals surface area contributed by atoms with Crippen molar-refractivity contribution in [2.45, 2.75) is 65.1 Å². The molecule has 0 saturated carbocycles. The first-order valence-corrected chi connectivity index (χ1v) is 10.4. The fourth-order valence-electron chi connectivity index (χ4n) is 3.59. The molecular formula is C25H36O2. The van der Waals surface area contributed by atoms with Gasteiger partial charge in [-0.15, -0.1) is 0 Å². The van der Waals surface area contributed by atoms with E-state index >= 15 is 0 Å². The molecule has 27 heavy (non-hydrogen) atoms. The Kier molecular flexibility index (Phi) is 9.03. The molecule has 0 aromatic heterocycles. The van der Waals surface area contributed by atoms with Crippen molar-refractivity contribution < 1.29 is 9.47 Å². The quantitative estimate of drug-likeness (QED) is 0.404. The lowest BCUT2D eigenvalue weighted by atomic mass is 9.72. The Morgan fingerprint density at radius 1 is 0.815 bits per heavy atom. The molecule has 0 bridgehead atoms. The van der Waals surface area contributed by atoms with E-state index in [4.69, 9.17) is 9.47 Å². The maximum Gasteiger partial charge on any atom is 0.154 e. The number of hydrogen-bond acceptors (Lipinski definition) is 2. The molecule has 0 aliphatic carbocycles. The zero-order chi connectivity index (χ0) is 19.5. The van der Waals surface area contributed by atoms with E-state index in [2.05, 4.69) is 74.5 Å². The van der Waals surface area contributed by atoms with Crippen molar-refractivity contribution in [3.8, 4) is 0 Å². The Bertz CT molecular complexity index is 623. The predicted molar refractivity (Wildman–Crippen MR) is 114 cm³/mol. The van der Waals surface area contributed by atoms with Gasteiger partial charge < -0.3 is 9.47 Å². The third-order valence-electron chi connectivity index (χ3n) is 5.32. The van der Waals surface area contributed by atoms with E-state index in [1.807, 2.05) is 13.8 Å². The molecule has 0 heterocycles. The molecule has 148 valence electrons. The molecule has 2 unspecified atom stereocenters. The topological polar surface area (TPSA) is 18.5 Å². The van der Waals surface area contributed by atoms with Crippen LogP contribution in [0.1, 0.15) is 58.1 Å². The monoisotopic (exact) mass is 368 g/mol. The van der Waals surface area contributed by atoms with Gasteiger partial charge in [0.25, 0.3) is 0 Å². The molecule has 0 radical (unpaired) electrons. The number of rotatable bonds is 12. The van der Waals surface area contributed by atoms with Crippen LogP contribution in [-0.4, -0.2) is 19.5 Å². The van der Waals surface area contributed by atoms with Crippen molar-refractivity contribution in [1.82, 2.24) is 0 Å². The SMILES string of the molecule is CCOC(C)OCC(CCc1ccccc1)(CCC(C)C)c1ccccc1. The summed E-state index contributed by atoms with van der Waals surface area (Å²) in [7, 11) is 0. The van der Waals surface area contributed by atoms with Gasteiger partial charge in [-0.1, -0.05) is 80.9 Å². The number of aryl methyl sites for hydroxylation is 1. The second-order valence-corrected chi connectivity index (χ2v) is 7.90. The molecule has 0 aliphatic rings. The molecule has 0 saturated heterocycles. The maximum absolute atomic E-state index is 6.20. The van der Waals surface area contributed by atoms with Crippen LogP contribution in [0.3, 0.4) is 0 Å². The third kappa shape index (κ3) is 7.12. The van der Waals surface area contributed by atoms with E-state index in [9.17, 15) is 0 Å². The highest BCUT2D eigenvalue weighted by molar-refractivity contribution is 5.27. The Morgan fingerprint density at radius 2 is 1.44 bits per heavy atom.